The highest BCUT2D eigenvalue weighted by Gasteiger charge is 2.46. The minimum atomic E-state index is -0.135. The average Bonchev–Trinajstić information content (AvgIpc) is 3.15. The highest BCUT2D eigenvalue weighted by Crippen LogP contribution is 2.48. The van der Waals surface area contributed by atoms with Crippen LogP contribution in [0.4, 0.5) is 5.69 Å². The molecule has 2 aliphatic rings. The van der Waals surface area contributed by atoms with Crippen LogP contribution >= 0.6 is 0 Å². The summed E-state index contributed by atoms with van der Waals surface area (Å²) < 4.78 is 0. The summed E-state index contributed by atoms with van der Waals surface area (Å²) in [4.78, 5) is 0. The van der Waals surface area contributed by atoms with E-state index in [1.165, 1.54) is 48.8 Å². The Hall–Kier alpha value is -2.91. The van der Waals surface area contributed by atoms with Crippen molar-refractivity contribution in [3.8, 4) is 0 Å². The number of hydrogen-bond acceptors (Lipinski definition) is 3. The number of nitrogens with one attached hydrogen (secondary N) is 1. The third-order valence-electron chi connectivity index (χ3n) is 7.31. The van der Waals surface area contributed by atoms with E-state index < -0.39 is 0 Å². The largest absolute Gasteiger partial charge is 0.310 e. The van der Waals surface area contributed by atoms with Crippen LogP contribution in [0.2, 0.25) is 0 Å². The lowest BCUT2D eigenvalue weighted by molar-refractivity contribution is 0.372. The summed E-state index contributed by atoms with van der Waals surface area (Å²) in [7, 11) is 0. The molecule has 5 rings (SSSR count). The van der Waals surface area contributed by atoms with E-state index in [9.17, 15) is 0 Å². The number of rotatable bonds is 6. The number of nitrogens with zero attached hydrogens (tertiary/aromatic N) is 2. The molecule has 0 radical (unpaired) electrons. The standard InChI is InChI=1S/C30H35N3/c1-30(2)28(24-12-6-3-7-13-24)32-33(29(30)25-14-8-4-9-15-25)27-20-18-23(19-21-27)22-31-26-16-10-5-11-17-26/h3-4,6-9,12-15,18-21,26,29,31H,5,10-11,16-17,22H2,1-2H3/t29-/m1/s1. The van der Waals surface area contributed by atoms with E-state index in [1.54, 1.807) is 0 Å². The summed E-state index contributed by atoms with van der Waals surface area (Å²) in [6.07, 6.45) is 6.76. The van der Waals surface area contributed by atoms with Gasteiger partial charge in [0.05, 0.1) is 17.4 Å². The molecule has 1 atom stereocenters. The molecule has 1 heterocycles. The molecule has 0 aromatic heterocycles. The third kappa shape index (κ3) is 4.60. The van der Waals surface area contributed by atoms with E-state index in [4.69, 9.17) is 5.10 Å². The lowest BCUT2D eigenvalue weighted by atomic mass is 9.75. The van der Waals surface area contributed by atoms with Gasteiger partial charge < -0.3 is 5.32 Å². The molecule has 170 valence electrons. The van der Waals surface area contributed by atoms with Crippen LogP contribution in [0.15, 0.2) is 90.0 Å². The van der Waals surface area contributed by atoms with Gasteiger partial charge in [-0.3, -0.25) is 5.01 Å². The van der Waals surface area contributed by atoms with Crippen LogP contribution in [0.1, 0.15) is 68.7 Å². The van der Waals surface area contributed by atoms with Gasteiger partial charge in [0.1, 0.15) is 0 Å². The summed E-state index contributed by atoms with van der Waals surface area (Å²) in [6.45, 7) is 5.58. The lowest BCUT2D eigenvalue weighted by Gasteiger charge is -2.33. The first kappa shape index (κ1) is 21.9. The van der Waals surface area contributed by atoms with Crippen LogP contribution in [0, 0.1) is 5.41 Å². The summed E-state index contributed by atoms with van der Waals surface area (Å²) >= 11 is 0. The molecule has 3 heteroatoms. The molecule has 1 fully saturated rings. The molecule has 3 aromatic carbocycles. The van der Waals surface area contributed by atoms with E-state index >= 15 is 0 Å². The molecular formula is C30H35N3. The topological polar surface area (TPSA) is 27.6 Å². The molecule has 1 saturated carbocycles. The molecule has 1 aliphatic carbocycles. The molecule has 3 aromatic rings. The summed E-state index contributed by atoms with van der Waals surface area (Å²) in [5, 5.41) is 11.2. The number of hydrogen-bond donors (Lipinski definition) is 1. The van der Waals surface area contributed by atoms with Gasteiger partial charge in [0.2, 0.25) is 0 Å². The molecule has 0 saturated heterocycles. The second-order valence-electron chi connectivity index (χ2n) is 10.1. The normalized spacial score (nSPS) is 20.6. The molecule has 0 bridgehead atoms. The predicted octanol–water partition coefficient (Wildman–Crippen LogP) is 7.10. The fraction of sp³-hybridized carbons (Fsp3) is 0.367. The minimum Gasteiger partial charge on any atom is -0.310 e. The van der Waals surface area contributed by atoms with Crippen LogP contribution in [0.25, 0.3) is 0 Å². The minimum absolute atomic E-state index is 0.135. The molecule has 0 unspecified atom stereocenters. The van der Waals surface area contributed by atoms with E-state index in [2.05, 4.69) is 109 Å². The van der Waals surface area contributed by atoms with Crippen molar-refractivity contribution in [1.29, 1.82) is 0 Å². The highest BCUT2D eigenvalue weighted by molar-refractivity contribution is 6.07. The maximum atomic E-state index is 5.22. The Balaban J connectivity index is 1.43. The van der Waals surface area contributed by atoms with Gasteiger partial charge in [0.15, 0.2) is 0 Å². The van der Waals surface area contributed by atoms with Crippen LogP contribution in [-0.4, -0.2) is 11.8 Å². The monoisotopic (exact) mass is 437 g/mol. The zero-order valence-corrected chi connectivity index (χ0v) is 19.9. The maximum absolute atomic E-state index is 5.22. The van der Waals surface area contributed by atoms with Gasteiger partial charge in [0.25, 0.3) is 0 Å². The van der Waals surface area contributed by atoms with Crippen molar-refractivity contribution in [3.63, 3.8) is 0 Å². The fourth-order valence-corrected chi connectivity index (χ4v) is 5.49. The van der Waals surface area contributed by atoms with Crippen molar-refractivity contribution < 1.29 is 0 Å². The number of anilines is 1. The van der Waals surface area contributed by atoms with Crippen LogP contribution < -0.4 is 10.3 Å². The molecule has 33 heavy (non-hydrogen) atoms. The van der Waals surface area contributed by atoms with Crippen LogP contribution in [-0.2, 0) is 6.54 Å². The van der Waals surface area contributed by atoms with Gasteiger partial charge in [-0.05, 0) is 41.7 Å². The van der Waals surface area contributed by atoms with Gasteiger partial charge >= 0.3 is 0 Å². The number of benzene rings is 3. The zero-order valence-electron chi connectivity index (χ0n) is 19.9. The molecular weight excluding hydrogens is 402 g/mol. The Morgan fingerprint density at radius 3 is 2.12 bits per heavy atom. The van der Waals surface area contributed by atoms with E-state index in [0.717, 1.165) is 17.9 Å². The van der Waals surface area contributed by atoms with Crippen molar-refractivity contribution in [2.24, 2.45) is 10.5 Å². The van der Waals surface area contributed by atoms with Gasteiger partial charge in [-0.1, -0.05) is 106 Å². The lowest BCUT2D eigenvalue weighted by Crippen LogP contribution is -2.33. The second kappa shape index (κ2) is 9.52. The zero-order chi connectivity index (χ0) is 22.7. The average molecular weight is 438 g/mol. The predicted molar refractivity (Wildman–Crippen MR) is 139 cm³/mol. The third-order valence-corrected chi connectivity index (χ3v) is 7.31. The second-order valence-corrected chi connectivity index (χ2v) is 10.1. The highest BCUT2D eigenvalue weighted by atomic mass is 15.5. The summed E-state index contributed by atoms with van der Waals surface area (Å²) in [6, 6.07) is 31.2. The first-order chi connectivity index (χ1) is 16.1. The molecule has 1 N–H and O–H groups in total. The maximum Gasteiger partial charge on any atom is 0.0882 e. The molecule has 3 nitrogen and oxygen atoms in total. The Morgan fingerprint density at radius 2 is 1.45 bits per heavy atom. The Bertz CT molecular complexity index is 1060. The molecule has 1 aliphatic heterocycles. The van der Waals surface area contributed by atoms with E-state index in [1.807, 2.05) is 0 Å². The van der Waals surface area contributed by atoms with E-state index in [-0.39, 0.29) is 11.5 Å². The van der Waals surface area contributed by atoms with Crippen molar-refractivity contribution in [2.45, 2.75) is 64.6 Å². The van der Waals surface area contributed by atoms with Gasteiger partial charge in [-0.2, -0.15) is 5.10 Å². The Labute approximate surface area is 198 Å². The van der Waals surface area contributed by atoms with Gasteiger partial charge in [-0.25, -0.2) is 0 Å². The first-order valence-electron chi connectivity index (χ1n) is 12.4. The van der Waals surface area contributed by atoms with Gasteiger partial charge in [-0.15, -0.1) is 0 Å². The Kier molecular flexibility index (Phi) is 6.32. The van der Waals surface area contributed by atoms with E-state index in [0.29, 0.717) is 6.04 Å². The van der Waals surface area contributed by atoms with Crippen molar-refractivity contribution in [1.82, 2.24) is 5.32 Å². The van der Waals surface area contributed by atoms with Crippen molar-refractivity contribution in [2.75, 3.05) is 5.01 Å². The number of hydrazone groups is 1. The first-order valence-corrected chi connectivity index (χ1v) is 12.4. The summed E-state index contributed by atoms with van der Waals surface area (Å²) in [5.74, 6) is 0. The molecule has 0 amide bonds. The SMILES string of the molecule is CC1(C)C(c2ccccc2)=NN(c2ccc(CNC3CCCCC3)cc2)[C@@H]1c1ccccc1. The van der Waals surface area contributed by atoms with Crippen LogP contribution in [0.3, 0.4) is 0 Å². The quantitative estimate of drug-likeness (QED) is 0.445. The Morgan fingerprint density at radius 1 is 0.818 bits per heavy atom. The van der Waals surface area contributed by atoms with Crippen LogP contribution in [0.5, 0.6) is 0 Å². The summed E-state index contributed by atoms with van der Waals surface area (Å²) in [5.41, 5.74) is 5.97. The van der Waals surface area contributed by atoms with Crippen molar-refractivity contribution in [3.05, 3.63) is 102 Å². The fourth-order valence-electron chi connectivity index (χ4n) is 5.49. The van der Waals surface area contributed by atoms with Crippen molar-refractivity contribution >= 4 is 11.4 Å². The van der Waals surface area contributed by atoms with Gasteiger partial charge in [0, 0.05) is 18.0 Å². The molecule has 0 spiro atoms. The smallest absolute Gasteiger partial charge is 0.0882 e.